The molecule has 1 aliphatic heterocycles. The Morgan fingerprint density at radius 2 is 1.91 bits per heavy atom. The van der Waals surface area contributed by atoms with Crippen molar-refractivity contribution in [2.24, 2.45) is 4.99 Å². The molecule has 33 heavy (non-hydrogen) atoms. The molecule has 1 fully saturated rings. The van der Waals surface area contributed by atoms with Gasteiger partial charge in [-0.1, -0.05) is 20.8 Å². The number of aromatic nitrogens is 1. The van der Waals surface area contributed by atoms with Crippen molar-refractivity contribution < 1.29 is 13.9 Å². The summed E-state index contributed by atoms with van der Waals surface area (Å²) in [5.74, 6) is 3.93. The second kappa shape index (κ2) is 12.5. The van der Waals surface area contributed by atoms with Gasteiger partial charge < -0.3 is 24.5 Å². The number of ether oxygens (including phenoxy) is 2. The Kier molecular flexibility index (Phi) is 10.3. The van der Waals surface area contributed by atoms with Crippen molar-refractivity contribution >= 4 is 29.9 Å². The van der Waals surface area contributed by atoms with E-state index < -0.39 is 0 Å². The van der Waals surface area contributed by atoms with Crippen molar-refractivity contribution in [2.75, 3.05) is 33.9 Å². The van der Waals surface area contributed by atoms with Gasteiger partial charge in [-0.05, 0) is 31.0 Å². The lowest BCUT2D eigenvalue weighted by Gasteiger charge is -2.19. The number of hydrogen-bond acceptors (Lipinski definition) is 6. The van der Waals surface area contributed by atoms with E-state index in [1.54, 1.807) is 20.4 Å². The van der Waals surface area contributed by atoms with Crippen LogP contribution in [0, 0.1) is 0 Å². The average Bonchev–Trinajstić information content (AvgIpc) is 3.41. The van der Waals surface area contributed by atoms with Crippen LogP contribution in [0.3, 0.4) is 0 Å². The first kappa shape index (κ1) is 27.2. The molecule has 9 heteroatoms. The Morgan fingerprint density at radius 3 is 2.48 bits per heavy atom. The summed E-state index contributed by atoms with van der Waals surface area (Å²) >= 11 is 0. The van der Waals surface area contributed by atoms with Crippen molar-refractivity contribution in [1.29, 1.82) is 0 Å². The van der Waals surface area contributed by atoms with Crippen LogP contribution in [0.25, 0.3) is 0 Å². The molecule has 2 aromatic rings. The third-order valence-corrected chi connectivity index (χ3v) is 5.44. The molecule has 0 spiro atoms. The zero-order valence-corrected chi connectivity index (χ0v) is 22.9. The number of nitrogens with zero attached hydrogens (tertiary/aromatic N) is 3. The zero-order valence-electron chi connectivity index (χ0n) is 20.6. The lowest BCUT2D eigenvalue weighted by molar-refractivity contribution is 0.321. The Morgan fingerprint density at radius 1 is 1.21 bits per heavy atom. The number of hydrogen-bond donors (Lipinski definition) is 2. The topological polar surface area (TPSA) is 84.2 Å². The van der Waals surface area contributed by atoms with E-state index in [1.165, 1.54) is 5.56 Å². The molecule has 0 radical (unpaired) electrons. The molecule has 0 amide bonds. The fraction of sp³-hybridized carbons (Fsp3) is 0.583. The van der Waals surface area contributed by atoms with E-state index in [0.717, 1.165) is 55.8 Å². The minimum atomic E-state index is -0.0577. The van der Waals surface area contributed by atoms with Crippen molar-refractivity contribution in [2.45, 2.75) is 58.7 Å². The molecule has 8 nitrogen and oxygen atoms in total. The third-order valence-electron chi connectivity index (χ3n) is 5.44. The van der Waals surface area contributed by atoms with Crippen LogP contribution in [0.1, 0.15) is 51.3 Å². The molecular formula is C24H38IN5O3. The van der Waals surface area contributed by atoms with Gasteiger partial charge >= 0.3 is 0 Å². The van der Waals surface area contributed by atoms with E-state index in [9.17, 15) is 0 Å². The SMILES string of the molecule is CCNC(=NCc1ncc(C(C)(C)C)o1)NC1CCN(Cc2cc(OC)cc(OC)c2)C1.I. The Balaban J connectivity index is 0.00000385. The molecule has 0 bridgehead atoms. The van der Waals surface area contributed by atoms with E-state index >= 15 is 0 Å². The third kappa shape index (κ3) is 8.06. The molecule has 2 N–H and O–H groups in total. The van der Waals surface area contributed by atoms with Gasteiger partial charge in [-0.25, -0.2) is 9.98 Å². The predicted octanol–water partition coefficient (Wildman–Crippen LogP) is 3.94. The summed E-state index contributed by atoms with van der Waals surface area (Å²) in [7, 11) is 3.36. The fourth-order valence-electron chi connectivity index (χ4n) is 3.70. The van der Waals surface area contributed by atoms with Gasteiger partial charge in [-0.2, -0.15) is 0 Å². The lowest BCUT2D eigenvalue weighted by Crippen LogP contribution is -2.44. The van der Waals surface area contributed by atoms with Crippen LogP contribution in [0.15, 0.2) is 33.8 Å². The van der Waals surface area contributed by atoms with Gasteiger partial charge in [0.2, 0.25) is 5.89 Å². The van der Waals surface area contributed by atoms with Gasteiger partial charge in [0.1, 0.15) is 23.8 Å². The van der Waals surface area contributed by atoms with Crippen molar-refractivity contribution in [3.63, 3.8) is 0 Å². The first-order valence-corrected chi connectivity index (χ1v) is 11.2. The van der Waals surface area contributed by atoms with E-state index in [1.807, 2.05) is 6.07 Å². The summed E-state index contributed by atoms with van der Waals surface area (Å²) in [6, 6.07) is 6.36. The fourth-order valence-corrected chi connectivity index (χ4v) is 3.70. The van der Waals surface area contributed by atoms with Crippen LogP contribution < -0.4 is 20.1 Å². The van der Waals surface area contributed by atoms with Gasteiger partial charge in [0.15, 0.2) is 5.96 Å². The maximum absolute atomic E-state index is 5.87. The highest BCUT2D eigenvalue weighted by Gasteiger charge is 2.24. The van der Waals surface area contributed by atoms with Gasteiger partial charge in [0, 0.05) is 43.7 Å². The molecule has 184 valence electrons. The first-order chi connectivity index (χ1) is 15.3. The maximum Gasteiger partial charge on any atom is 0.216 e. The number of nitrogens with one attached hydrogen (secondary N) is 2. The molecule has 3 rings (SSSR count). The molecule has 1 aromatic carbocycles. The molecule has 0 aliphatic carbocycles. The monoisotopic (exact) mass is 571 g/mol. The number of benzene rings is 1. The number of guanidine groups is 1. The van der Waals surface area contributed by atoms with Crippen molar-refractivity contribution in [1.82, 2.24) is 20.5 Å². The van der Waals surface area contributed by atoms with Crippen LogP contribution in [0.5, 0.6) is 11.5 Å². The highest BCUT2D eigenvalue weighted by Crippen LogP contribution is 2.25. The Hall–Kier alpha value is -2.01. The highest BCUT2D eigenvalue weighted by molar-refractivity contribution is 14.0. The molecule has 2 heterocycles. The van der Waals surface area contributed by atoms with Crippen LogP contribution in [0.4, 0.5) is 0 Å². The van der Waals surface area contributed by atoms with Gasteiger partial charge in [-0.3, -0.25) is 4.90 Å². The summed E-state index contributed by atoms with van der Waals surface area (Å²) in [5.41, 5.74) is 1.12. The molecule has 0 saturated carbocycles. The molecular weight excluding hydrogens is 533 g/mol. The maximum atomic E-state index is 5.87. The van der Waals surface area contributed by atoms with Crippen LogP contribution in [-0.4, -0.2) is 55.7 Å². The van der Waals surface area contributed by atoms with E-state index in [2.05, 4.69) is 65.3 Å². The molecule has 1 aromatic heterocycles. The summed E-state index contributed by atoms with van der Waals surface area (Å²) in [5, 5.41) is 6.89. The lowest BCUT2D eigenvalue weighted by atomic mass is 9.94. The summed E-state index contributed by atoms with van der Waals surface area (Å²) < 4.78 is 16.7. The smallest absolute Gasteiger partial charge is 0.216 e. The molecule has 1 saturated heterocycles. The predicted molar refractivity (Wildman–Crippen MR) is 142 cm³/mol. The van der Waals surface area contributed by atoms with E-state index in [4.69, 9.17) is 13.9 Å². The number of likely N-dealkylation sites (tertiary alicyclic amines) is 1. The van der Waals surface area contributed by atoms with Crippen LogP contribution >= 0.6 is 24.0 Å². The normalized spacial score (nSPS) is 16.9. The van der Waals surface area contributed by atoms with Gasteiger partial charge in [-0.15, -0.1) is 24.0 Å². The standard InChI is InChI=1S/C24H37N5O3.HI/c1-7-25-23(27-14-22-26-13-21(32-22)24(2,3)4)28-18-8-9-29(16-18)15-17-10-19(30-5)12-20(11-17)31-6;/h10-13,18H,7-9,14-16H2,1-6H3,(H2,25,27,28);1H. The summed E-state index contributed by atoms with van der Waals surface area (Å²) in [6.45, 7) is 12.4. The average molecular weight is 572 g/mol. The quantitative estimate of drug-likeness (QED) is 0.282. The van der Waals surface area contributed by atoms with Crippen molar-refractivity contribution in [3.05, 3.63) is 41.6 Å². The van der Waals surface area contributed by atoms with E-state index in [0.29, 0.717) is 18.5 Å². The Labute approximate surface area is 214 Å². The second-order valence-electron chi connectivity index (χ2n) is 9.15. The summed E-state index contributed by atoms with van der Waals surface area (Å²) in [4.78, 5) is 11.5. The number of halogens is 1. The number of methoxy groups -OCH3 is 2. The van der Waals surface area contributed by atoms with E-state index in [-0.39, 0.29) is 29.4 Å². The molecule has 1 aliphatic rings. The van der Waals surface area contributed by atoms with Crippen molar-refractivity contribution in [3.8, 4) is 11.5 Å². The largest absolute Gasteiger partial charge is 0.497 e. The van der Waals surface area contributed by atoms with Gasteiger partial charge in [0.05, 0.1) is 20.4 Å². The number of oxazole rings is 1. The molecule has 1 atom stereocenters. The van der Waals surface area contributed by atoms with Crippen LogP contribution in [0.2, 0.25) is 0 Å². The minimum absolute atomic E-state index is 0. The minimum Gasteiger partial charge on any atom is -0.497 e. The molecule has 1 unspecified atom stereocenters. The highest BCUT2D eigenvalue weighted by atomic mass is 127. The second-order valence-corrected chi connectivity index (χ2v) is 9.15. The summed E-state index contributed by atoms with van der Waals surface area (Å²) in [6.07, 6.45) is 2.85. The number of rotatable bonds is 8. The van der Waals surface area contributed by atoms with Gasteiger partial charge in [0.25, 0.3) is 0 Å². The first-order valence-electron chi connectivity index (χ1n) is 11.2. The van der Waals surface area contributed by atoms with Crippen LogP contribution in [-0.2, 0) is 18.5 Å². The Bertz CT molecular complexity index is 887. The number of aliphatic imine (C=N–C) groups is 1. The zero-order chi connectivity index (χ0) is 23.1.